The molecular formula is C18H24N2O4. The second kappa shape index (κ2) is 6.81. The minimum absolute atomic E-state index is 0.169. The molecule has 2 aliphatic rings. The molecule has 2 saturated heterocycles. The van der Waals surface area contributed by atoms with Crippen molar-refractivity contribution in [2.75, 3.05) is 26.7 Å². The maximum Gasteiger partial charge on any atom is 0.339 e. The van der Waals surface area contributed by atoms with E-state index in [0.29, 0.717) is 12.2 Å². The summed E-state index contributed by atoms with van der Waals surface area (Å²) in [5.74, 6) is -0.409. The molecule has 0 atom stereocenters. The standard InChI is InChI=1S/C18H24N2O4/c1-24-15-3-2-13(10-14(15)17(22)23)11-20-8-6-18(7-9-20)5-4-16(21)19-12-18/h2-3,10H,4-9,11-12H2,1H3,(H,19,21)(H,22,23). The zero-order valence-electron chi connectivity index (χ0n) is 14.0. The fourth-order valence-corrected chi connectivity index (χ4v) is 3.73. The molecule has 0 unspecified atom stereocenters. The van der Waals surface area contributed by atoms with Gasteiger partial charge in [0.2, 0.25) is 5.91 Å². The van der Waals surface area contributed by atoms with Gasteiger partial charge in [0, 0.05) is 19.5 Å². The summed E-state index contributed by atoms with van der Waals surface area (Å²) in [5, 5.41) is 12.3. The lowest BCUT2D eigenvalue weighted by molar-refractivity contribution is -0.125. The zero-order valence-corrected chi connectivity index (χ0v) is 14.0. The van der Waals surface area contributed by atoms with Gasteiger partial charge in [-0.15, -0.1) is 0 Å². The smallest absolute Gasteiger partial charge is 0.339 e. The molecule has 1 aromatic carbocycles. The van der Waals surface area contributed by atoms with E-state index < -0.39 is 5.97 Å². The van der Waals surface area contributed by atoms with E-state index in [9.17, 15) is 14.7 Å². The number of piperidine rings is 2. The fourth-order valence-electron chi connectivity index (χ4n) is 3.73. The summed E-state index contributed by atoms with van der Waals surface area (Å²) in [6.07, 6.45) is 3.78. The van der Waals surface area contributed by atoms with Crippen molar-refractivity contribution >= 4 is 11.9 Å². The molecule has 1 amide bonds. The number of carboxylic acid groups (broad SMARTS) is 1. The summed E-state index contributed by atoms with van der Waals surface area (Å²) in [6.45, 7) is 3.49. The van der Waals surface area contributed by atoms with E-state index >= 15 is 0 Å². The lowest BCUT2D eigenvalue weighted by Gasteiger charge is -2.44. The van der Waals surface area contributed by atoms with Gasteiger partial charge in [-0.05, 0) is 55.5 Å². The normalized spacial score (nSPS) is 20.6. The Labute approximate surface area is 141 Å². The van der Waals surface area contributed by atoms with Crippen molar-refractivity contribution in [3.05, 3.63) is 29.3 Å². The molecule has 2 aliphatic heterocycles. The molecule has 0 saturated carbocycles. The topological polar surface area (TPSA) is 78.9 Å². The molecule has 2 heterocycles. The number of likely N-dealkylation sites (tertiary alicyclic amines) is 1. The van der Waals surface area contributed by atoms with Gasteiger partial charge in [0.25, 0.3) is 0 Å². The summed E-state index contributed by atoms with van der Waals surface area (Å²) in [5.41, 5.74) is 1.45. The Morgan fingerprint density at radius 1 is 1.33 bits per heavy atom. The van der Waals surface area contributed by atoms with Crippen LogP contribution in [0.15, 0.2) is 18.2 Å². The van der Waals surface area contributed by atoms with Gasteiger partial charge in [-0.2, -0.15) is 0 Å². The summed E-state index contributed by atoms with van der Waals surface area (Å²) in [7, 11) is 1.48. The van der Waals surface area contributed by atoms with Crippen LogP contribution in [0.1, 0.15) is 41.6 Å². The Balaban J connectivity index is 1.61. The van der Waals surface area contributed by atoms with Crippen molar-refractivity contribution in [3.8, 4) is 5.75 Å². The molecule has 6 nitrogen and oxygen atoms in total. The van der Waals surface area contributed by atoms with Gasteiger partial charge in [-0.25, -0.2) is 4.79 Å². The number of carbonyl (C=O) groups excluding carboxylic acids is 1. The number of hydrogen-bond acceptors (Lipinski definition) is 4. The first-order valence-corrected chi connectivity index (χ1v) is 8.41. The van der Waals surface area contributed by atoms with Crippen LogP contribution in [0.25, 0.3) is 0 Å². The van der Waals surface area contributed by atoms with E-state index in [0.717, 1.165) is 51.0 Å². The molecule has 24 heavy (non-hydrogen) atoms. The average molecular weight is 332 g/mol. The van der Waals surface area contributed by atoms with E-state index in [-0.39, 0.29) is 16.9 Å². The molecule has 3 rings (SSSR count). The largest absolute Gasteiger partial charge is 0.496 e. The van der Waals surface area contributed by atoms with Gasteiger partial charge in [0.05, 0.1) is 7.11 Å². The number of amides is 1. The van der Waals surface area contributed by atoms with Gasteiger partial charge < -0.3 is 15.2 Å². The Bertz CT molecular complexity index is 624. The van der Waals surface area contributed by atoms with Crippen LogP contribution in [-0.4, -0.2) is 48.6 Å². The maximum absolute atomic E-state index is 11.4. The van der Waals surface area contributed by atoms with Crippen molar-refractivity contribution in [2.45, 2.75) is 32.2 Å². The van der Waals surface area contributed by atoms with Gasteiger partial charge in [0.1, 0.15) is 11.3 Å². The number of carboxylic acids is 1. The summed E-state index contributed by atoms with van der Waals surface area (Å²) < 4.78 is 5.11. The number of aromatic carboxylic acids is 1. The predicted octanol–water partition coefficient (Wildman–Crippen LogP) is 1.89. The number of nitrogens with zero attached hydrogens (tertiary/aromatic N) is 1. The zero-order chi connectivity index (χ0) is 17.2. The van der Waals surface area contributed by atoms with Crippen LogP contribution in [0.3, 0.4) is 0 Å². The van der Waals surface area contributed by atoms with Crippen molar-refractivity contribution in [2.24, 2.45) is 5.41 Å². The molecule has 0 aromatic heterocycles. The van der Waals surface area contributed by atoms with Crippen molar-refractivity contribution < 1.29 is 19.4 Å². The highest BCUT2D eigenvalue weighted by molar-refractivity contribution is 5.91. The molecule has 1 spiro atoms. The third kappa shape index (κ3) is 3.53. The van der Waals surface area contributed by atoms with E-state index in [1.807, 2.05) is 6.07 Å². The molecule has 0 radical (unpaired) electrons. The minimum atomic E-state index is -0.968. The number of carbonyl (C=O) groups is 2. The molecule has 2 fully saturated rings. The second-order valence-electron chi connectivity index (χ2n) is 6.89. The molecule has 1 aromatic rings. The molecule has 0 bridgehead atoms. The van der Waals surface area contributed by atoms with Crippen LogP contribution < -0.4 is 10.1 Å². The minimum Gasteiger partial charge on any atom is -0.496 e. The van der Waals surface area contributed by atoms with Crippen LogP contribution in [0, 0.1) is 5.41 Å². The average Bonchev–Trinajstić information content (AvgIpc) is 2.60. The third-order valence-electron chi connectivity index (χ3n) is 5.36. The highest BCUT2D eigenvalue weighted by Crippen LogP contribution is 2.38. The summed E-state index contributed by atoms with van der Waals surface area (Å²) in [4.78, 5) is 25.0. The Morgan fingerprint density at radius 3 is 2.67 bits per heavy atom. The van der Waals surface area contributed by atoms with Gasteiger partial charge in [-0.1, -0.05) is 6.07 Å². The first kappa shape index (κ1) is 16.8. The van der Waals surface area contributed by atoms with E-state index in [2.05, 4.69) is 10.2 Å². The highest BCUT2D eigenvalue weighted by atomic mass is 16.5. The van der Waals surface area contributed by atoms with Crippen molar-refractivity contribution in [1.29, 1.82) is 0 Å². The molecule has 6 heteroatoms. The predicted molar refractivity (Wildman–Crippen MR) is 89.1 cm³/mol. The maximum atomic E-state index is 11.4. The molecule has 130 valence electrons. The number of hydrogen-bond donors (Lipinski definition) is 2. The quantitative estimate of drug-likeness (QED) is 0.880. The van der Waals surface area contributed by atoms with E-state index in [4.69, 9.17) is 4.74 Å². The Hall–Kier alpha value is -2.08. The Morgan fingerprint density at radius 2 is 2.08 bits per heavy atom. The lowest BCUT2D eigenvalue weighted by Crippen LogP contribution is -2.49. The van der Waals surface area contributed by atoms with Crippen LogP contribution >= 0.6 is 0 Å². The summed E-state index contributed by atoms with van der Waals surface area (Å²) >= 11 is 0. The SMILES string of the molecule is COc1ccc(CN2CCC3(CCC(=O)NC3)CC2)cc1C(=O)O. The molecule has 2 N–H and O–H groups in total. The summed E-state index contributed by atoms with van der Waals surface area (Å²) in [6, 6.07) is 5.35. The van der Waals surface area contributed by atoms with Gasteiger partial charge in [-0.3, -0.25) is 9.69 Å². The van der Waals surface area contributed by atoms with Crippen LogP contribution in [0.5, 0.6) is 5.75 Å². The van der Waals surface area contributed by atoms with E-state index in [1.165, 1.54) is 7.11 Å². The number of ether oxygens (including phenoxy) is 1. The van der Waals surface area contributed by atoms with Gasteiger partial charge in [0.15, 0.2) is 0 Å². The Kier molecular flexibility index (Phi) is 4.76. The lowest BCUT2D eigenvalue weighted by atomic mass is 9.73. The first-order valence-electron chi connectivity index (χ1n) is 8.41. The first-order chi connectivity index (χ1) is 11.5. The number of methoxy groups -OCH3 is 1. The van der Waals surface area contributed by atoms with E-state index in [1.54, 1.807) is 12.1 Å². The van der Waals surface area contributed by atoms with Gasteiger partial charge >= 0.3 is 5.97 Å². The highest BCUT2D eigenvalue weighted by Gasteiger charge is 2.37. The number of nitrogens with one attached hydrogen (secondary N) is 1. The van der Waals surface area contributed by atoms with Crippen molar-refractivity contribution in [3.63, 3.8) is 0 Å². The monoisotopic (exact) mass is 332 g/mol. The third-order valence-corrected chi connectivity index (χ3v) is 5.36. The molecule has 0 aliphatic carbocycles. The number of benzene rings is 1. The fraction of sp³-hybridized carbons (Fsp3) is 0.556. The number of rotatable bonds is 4. The van der Waals surface area contributed by atoms with Crippen molar-refractivity contribution in [1.82, 2.24) is 10.2 Å². The van der Waals surface area contributed by atoms with Crippen LogP contribution in [-0.2, 0) is 11.3 Å². The van der Waals surface area contributed by atoms with Crippen LogP contribution in [0.4, 0.5) is 0 Å². The second-order valence-corrected chi connectivity index (χ2v) is 6.89. The van der Waals surface area contributed by atoms with Crippen LogP contribution in [0.2, 0.25) is 0 Å². The molecular weight excluding hydrogens is 308 g/mol.